The zero-order valence-corrected chi connectivity index (χ0v) is 12.1. The molecule has 2 rings (SSSR count). The first-order valence-electron chi connectivity index (χ1n) is 7.14. The Morgan fingerprint density at radius 3 is 2.53 bits per heavy atom. The smallest absolute Gasteiger partial charge is 0.254 e. The summed E-state index contributed by atoms with van der Waals surface area (Å²) in [5.74, 6) is 0.0116. The van der Waals surface area contributed by atoms with E-state index in [0.717, 1.165) is 37.9 Å². The van der Waals surface area contributed by atoms with Crippen LogP contribution in [0.4, 0.5) is 0 Å². The normalized spacial score (nSPS) is 23.3. The van der Waals surface area contributed by atoms with Gasteiger partial charge < -0.3 is 10.6 Å². The largest absolute Gasteiger partial charge is 0.349 e. The zero-order chi connectivity index (χ0) is 13.8. The van der Waals surface area contributed by atoms with Crippen molar-refractivity contribution in [1.82, 2.24) is 20.4 Å². The summed E-state index contributed by atoms with van der Waals surface area (Å²) in [6.07, 6.45) is 6.19. The van der Waals surface area contributed by atoms with E-state index in [9.17, 15) is 4.79 Å². The molecule has 2 N–H and O–H groups in total. The van der Waals surface area contributed by atoms with Crippen molar-refractivity contribution in [3.8, 4) is 0 Å². The van der Waals surface area contributed by atoms with E-state index in [1.54, 1.807) is 10.9 Å². The molecule has 1 amide bonds. The molecule has 0 aliphatic heterocycles. The molecule has 106 valence electrons. The molecule has 1 aliphatic carbocycles. The number of carbonyl (C=O) groups excluding carboxylic acids is 1. The lowest BCUT2D eigenvalue weighted by Crippen LogP contribution is -2.42. The van der Waals surface area contributed by atoms with Crippen molar-refractivity contribution in [2.45, 2.75) is 51.6 Å². The number of amides is 1. The molecule has 5 nitrogen and oxygen atoms in total. The van der Waals surface area contributed by atoms with Crippen LogP contribution in [-0.4, -0.2) is 34.3 Å². The van der Waals surface area contributed by atoms with E-state index in [2.05, 4.69) is 22.7 Å². The topological polar surface area (TPSA) is 58.9 Å². The number of aromatic nitrogens is 2. The van der Waals surface area contributed by atoms with Gasteiger partial charge in [0.15, 0.2) is 0 Å². The van der Waals surface area contributed by atoms with E-state index in [-0.39, 0.29) is 5.91 Å². The van der Waals surface area contributed by atoms with E-state index < -0.39 is 0 Å². The van der Waals surface area contributed by atoms with Crippen LogP contribution in [0, 0.1) is 6.92 Å². The molecule has 0 unspecified atom stereocenters. The van der Waals surface area contributed by atoms with Crippen molar-refractivity contribution in [3.63, 3.8) is 0 Å². The minimum Gasteiger partial charge on any atom is -0.349 e. The molecule has 0 spiro atoms. The SMILES string of the molecule is CCNC1CCC(NC(=O)c2cn(C)nc2C)CC1. The number of carbonyl (C=O) groups is 1. The highest BCUT2D eigenvalue weighted by molar-refractivity contribution is 5.95. The molecule has 1 fully saturated rings. The second-order valence-corrected chi connectivity index (χ2v) is 5.38. The monoisotopic (exact) mass is 264 g/mol. The molecule has 5 heteroatoms. The second kappa shape index (κ2) is 6.19. The lowest BCUT2D eigenvalue weighted by molar-refractivity contribution is 0.0923. The fourth-order valence-electron chi connectivity index (χ4n) is 2.82. The summed E-state index contributed by atoms with van der Waals surface area (Å²) in [6, 6.07) is 0.931. The van der Waals surface area contributed by atoms with Crippen LogP contribution in [0.3, 0.4) is 0 Å². The Hall–Kier alpha value is -1.36. The number of hydrogen-bond acceptors (Lipinski definition) is 3. The van der Waals surface area contributed by atoms with E-state index in [1.165, 1.54) is 0 Å². The lowest BCUT2D eigenvalue weighted by atomic mass is 9.91. The fourth-order valence-corrected chi connectivity index (χ4v) is 2.82. The Morgan fingerprint density at radius 2 is 2.00 bits per heavy atom. The Labute approximate surface area is 114 Å². The third-order valence-electron chi connectivity index (χ3n) is 3.81. The maximum atomic E-state index is 12.2. The molecular weight excluding hydrogens is 240 g/mol. The minimum atomic E-state index is 0.0116. The first-order chi connectivity index (χ1) is 9.10. The quantitative estimate of drug-likeness (QED) is 0.863. The summed E-state index contributed by atoms with van der Waals surface area (Å²) in [7, 11) is 1.84. The molecular formula is C14H24N4O. The molecule has 1 aliphatic rings. The second-order valence-electron chi connectivity index (χ2n) is 5.38. The Balaban J connectivity index is 1.85. The molecule has 19 heavy (non-hydrogen) atoms. The predicted molar refractivity (Wildman–Crippen MR) is 75.1 cm³/mol. The Kier molecular flexibility index (Phi) is 4.58. The van der Waals surface area contributed by atoms with Gasteiger partial charge in [0, 0.05) is 25.3 Å². The van der Waals surface area contributed by atoms with Crippen molar-refractivity contribution in [1.29, 1.82) is 0 Å². The van der Waals surface area contributed by atoms with Gasteiger partial charge in [-0.25, -0.2) is 0 Å². The van der Waals surface area contributed by atoms with Crippen LogP contribution in [-0.2, 0) is 7.05 Å². The van der Waals surface area contributed by atoms with Crippen LogP contribution >= 0.6 is 0 Å². The van der Waals surface area contributed by atoms with Gasteiger partial charge >= 0.3 is 0 Å². The first kappa shape index (κ1) is 14.1. The summed E-state index contributed by atoms with van der Waals surface area (Å²) in [4.78, 5) is 12.2. The number of nitrogens with zero attached hydrogens (tertiary/aromatic N) is 2. The predicted octanol–water partition coefficient (Wildman–Crippen LogP) is 1.38. The van der Waals surface area contributed by atoms with Crippen LogP contribution in [0.25, 0.3) is 0 Å². The van der Waals surface area contributed by atoms with Crippen molar-refractivity contribution >= 4 is 5.91 Å². The van der Waals surface area contributed by atoms with Gasteiger partial charge in [0.1, 0.15) is 0 Å². The van der Waals surface area contributed by atoms with Gasteiger partial charge in [0.25, 0.3) is 5.91 Å². The standard InChI is InChI=1S/C14H24N4O/c1-4-15-11-5-7-12(8-6-11)16-14(19)13-9-18(3)17-10(13)2/h9,11-12,15H,4-8H2,1-3H3,(H,16,19). The van der Waals surface area contributed by atoms with Gasteiger partial charge in [-0.05, 0) is 39.2 Å². The van der Waals surface area contributed by atoms with Gasteiger partial charge in [-0.15, -0.1) is 0 Å². The van der Waals surface area contributed by atoms with Crippen LogP contribution in [0.15, 0.2) is 6.20 Å². The molecule has 0 aromatic carbocycles. The van der Waals surface area contributed by atoms with Gasteiger partial charge in [0.2, 0.25) is 0 Å². The summed E-state index contributed by atoms with van der Waals surface area (Å²) >= 11 is 0. The molecule has 1 heterocycles. The highest BCUT2D eigenvalue weighted by Crippen LogP contribution is 2.19. The maximum Gasteiger partial charge on any atom is 0.254 e. The zero-order valence-electron chi connectivity index (χ0n) is 12.1. The highest BCUT2D eigenvalue weighted by atomic mass is 16.1. The Bertz CT molecular complexity index is 433. The van der Waals surface area contributed by atoms with Crippen LogP contribution in [0.5, 0.6) is 0 Å². The van der Waals surface area contributed by atoms with E-state index >= 15 is 0 Å². The van der Waals surface area contributed by atoms with Gasteiger partial charge in [0.05, 0.1) is 11.3 Å². The van der Waals surface area contributed by atoms with E-state index in [0.29, 0.717) is 17.6 Å². The van der Waals surface area contributed by atoms with Crippen molar-refractivity contribution in [2.75, 3.05) is 6.54 Å². The number of hydrogen-bond donors (Lipinski definition) is 2. The van der Waals surface area contributed by atoms with Gasteiger partial charge in [-0.1, -0.05) is 6.92 Å². The number of aryl methyl sites for hydroxylation is 2. The summed E-state index contributed by atoms with van der Waals surface area (Å²) < 4.78 is 1.69. The molecule has 0 saturated heterocycles. The average Bonchev–Trinajstić information content (AvgIpc) is 2.71. The van der Waals surface area contributed by atoms with E-state index in [4.69, 9.17) is 0 Å². The lowest BCUT2D eigenvalue weighted by Gasteiger charge is -2.29. The van der Waals surface area contributed by atoms with Crippen molar-refractivity contribution < 1.29 is 4.79 Å². The molecule has 1 aromatic rings. The molecule has 0 atom stereocenters. The van der Waals surface area contributed by atoms with Crippen molar-refractivity contribution in [2.24, 2.45) is 7.05 Å². The first-order valence-corrected chi connectivity index (χ1v) is 7.14. The summed E-state index contributed by atoms with van der Waals surface area (Å²) in [5.41, 5.74) is 1.48. The molecule has 0 bridgehead atoms. The third kappa shape index (κ3) is 3.56. The number of rotatable bonds is 4. The molecule has 1 saturated carbocycles. The van der Waals surface area contributed by atoms with Gasteiger partial charge in [-0.2, -0.15) is 5.10 Å². The summed E-state index contributed by atoms with van der Waals surface area (Å²) in [6.45, 7) is 5.03. The van der Waals surface area contributed by atoms with Crippen LogP contribution in [0.1, 0.15) is 48.7 Å². The highest BCUT2D eigenvalue weighted by Gasteiger charge is 2.23. The molecule has 0 radical (unpaired) electrons. The Morgan fingerprint density at radius 1 is 1.37 bits per heavy atom. The van der Waals surface area contributed by atoms with Crippen LogP contribution < -0.4 is 10.6 Å². The van der Waals surface area contributed by atoms with Crippen molar-refractivity contribution in [3.05, 3.63) is 17.5 Å². The number of nitrogens with one attached hydrogen (secondary N) is 2. The third-order valence-corrected chi connectivity index (χ3v) is 3.81. The van der Waals surface area contributed by atoms with E-state index in [1.807, 2.05) is 14.0 Å². The maximum absolute atomic E-state index is 12.2. The molecule has 1 aromatic heterocycles. The minimum absolute atomic E-state index is 0.0116. The van der Waals surface area contributed by atoms with Gasteiger partial charge in [-0.3, -0.25) is 9.48 Å². The fraction of sp³-hybridized carbons (Fsp3) is 0.714. The average molecular weight is 264 g/mol. The summed E-state index contributed by atoms with van der Waals surface area (Å²) in [5, 5.41) is 10.8. The van der Waals surface area contributed by atoms with Crippen LogP contribution in [0.2, 0.25) is 0 Å².